The first-order valence-electron chi connectivity index (χ1n) is 7.56. The van der Waals surface area contributed by atoms with Crippen molar-refractivity contribution < 1.29 is 13.9 Å². The largest absolute Gasteiger partial charge is 0.465 e. The summed E-state index contributed by atoms with van der Waals surface area (Å²) in [6.45, 7) is 4.27. The monoisotopic (exact) mass is 333 g/mol. The second-order valence-electron chi connectivity index (χ2n) is 5.83. The summed E-state index contributed by atoms with van der Waals surface area (Å²) in [6.07, 6.45) is 0. The van der Waals surface area contributed by atoms with E-state index in [1.54, 1.807) is 12.1 Å². The Balaban J connectivity index is 2.63. The fourth-order valence-electron chi connectivity index (χ4n) is 2.28. The molecule has 0 saturated carbocycles. The minimum Gasteiger partial charge on any atom is -0.465 e. The normalized spacial score (nSPS) is 10.9. The van der Waals surface area contributed by atoms with E-state index in [2.05, 4.69) is 9.84 Å². The molecule has 6 nitrogen and oxygen atoms in total. The summed E-state index contributed by atoms with van der Waals surface area (Å²) >= 11 is 0. The fraction of sp³-hybridized carbons (Fsp3) is 0.353. The maximum Gasteiger partial charge on any atom is 0.343 e. The molecule has 0 aliphatic carbocycles. The number of ether oxygens (including phenoxy) is 1. The highest BCUT2D eigenvalue weighted by Crippen LogP contribution is 2.20. The summed E-state index contributed by atoms with van der Waals surface area (Å²) in [7, 11) is 1.20. The molecule has 0 aliphatic heterocycles. The van der Waals surface area contributed by atoms with Gasteiger partial charge in [0.2, 0.25) is 0 Å². The fourth-order valence-corrected chi connectivity index (χ4v) is 2.28. The zero-order chi connectivity index (χ0) is 17.9. The smallest absolute Gasteiger partial charge is 0.343 e. The van der Waals surface area contributed by atoms with E-state index in [1.165, 1.54) is 23.9 Å². The molecule has 0 amide bonds. The van der Waals surface area contributed by atoms with E-state index < -0.39 is 17.3 Å². The lowest BCUT2D eigenvalue weighted by molar-refractivity contribution is 0.0597. The van der Waals surface area contributed by atoms with Crippen LogP contribution in [0.15, 0.2) is 29.1 Å². The Labute approximate surface area is 139 Å². The van der Waals surface area contributed by atoms with Gasteiger partial charge in [-0.25, -0.2) is 13.9 Å². The van der Waals surface area contributed by atoms with Crippen molar-refractivity contribution in [2.75, 3.05) is 7.11 Å². The summed E-state index contributed by atoms with van der Waals surface area (Å²) in [6, 6.07) is 5.82. The van der Waals surface area contributed by atoms with Crippen LogP contribution in [0.5, 0.6) is 0 Å². The van der Waals surface area contributed by atoms with Gasteiger partial charge in [0.1, 0.15) is 11.4 Å². The van der Waals surface area contributed by atoms with E-state index in [4.69, 9.17) is 5.73 Å². The molecule has 0 radical (unpaired) electrons. The van der Waals surface area contributed by atoms with E-state index >= 15 is 0 Å². The predicted molar refractivity (Wildman–Crippen MR) is 88.0 cm³/mol. The number of rotatable bonds is 5. The van der Waals surface area contributed by atoms with Gasteiger partial charge in [0.15, 0.2) is 0 Å². The third kappa shape index (κ3) is 3.68. The van der Waals surface area contributed by atoms with Crippen molar-refractivity contribution in [3.63, 3.8) is 0 Å². The van der Waals surface area contributed by atoms with Crippen LogP contribution in [0, 0.1) is 11.7 Å². The molecule has 7 heteroatoms. The van der Waals surface area contributed by atoms with Crippen molar-refractivity contribution in [3.8, 4) is 11.3 Å². The van der Waals surface area contributed by atoms with Crippen molar-refractivity contribution >= 4 is 5.97 Å². The third-order valence-electron chi connectivity index (χ3n) is 3.49. The lowest BCUT2D eigenvalue weighted by Gasteiger charge is -2.12. The molecule has 1 heterocycles. The van der Waals surface area contributed by atoms with Crippen LogP contribution in [-0.4, -0.2) is 22.9 Å². The molecule has 0 unspecified atom stereocenters. The molecule has 2 N–H and O–H groups in total. The molecule has 0 spiro atoms. The van der Waals surface area contributed by atoms with Gasteiger partial charge < -0.3 is 10.5 Å². The SMILES string of the molecule is COC(=O)c1cc(-c2ccc(CN)c(F)c2)nn(CC(C)C)c1=O. The quantitative estimate of drug-likeness (QED) is 0.845. The van der Waals surface area contributed by atoms with Gasteiger partial charge in [-0.3, -0.25) is 4.79 Å². The number of halogens is 1. The van der Waals surface area contributed by atoms with E-state index in [0.29, 0.717) is 23.4 Å². The van der Waals surface area contributed by atoms with Crippen molar-refractivity contribution in [2.45, 2.75) is 26.9 Å². The molecule has 1 aromatic carbocycles. The highest BCUT2D eigenvalue weighted by molar-refractivity contribution is 5.90. The highest BCUT2D eigenvalue weighted by Gasteiger charge is 2.18. The minimum absolute atomic E-state index is 0.0831. The maximum absolute atomic E-state index is 14.0. The molecule has 0 saturated heterocycles. The first-order valence-corrected chi connectivity index (χ1v) is 7.56. The number of esters is 1. The van der Waals surface area contributed by atoms with E-state index in [-0.39, 0.29) is 18.0 Å². The van der Waals surface area contributed by atoms with Gasteiger partial charge in [0, 0.05) is 24.2 Å². The Morgan fingerprint density at radius 2 is 2.08 bits per heavy atom. The van der Waals surface area contributed by atoms with Crippen LogP contribution >= 0.6 is 0 Å². The molecular formula is C17H20FN3O3. The second kappa shape index (κ2) is 7.35. The van der Waals surface area contributed by atoms with Crippen LogP contribution in [0.4, 0.5) is 4.39 Å². The Morgan fingerprint density at radius 3 is 2.62 bits per heavy atom. The zero-order valence-electron chi connectivity index (χ0n) is 13.9. The average Bonchev–Trinajstić information content (AvgIpc) is 2.55. The summed E-state index contributed by atoms with van der Waals surface area (Å²) in [5.74, 6) is -1.06. The first kappa shape index (κ1) is 17.8. The number of nitrogens with two attached hydrogens (primary N) is 1. The molecule has 0 atom stereocenters. The molecule has 128 valence electrons. The molecule has 1 aromatic heterocycles. The number of carbonyl (C=O) groups excluding carboxylic acids is 1. The lowest BCUT2D eigenvalue weighted by atomic mass is 10.1. The Morgan fingerprint density at radius 1 is 1.38 bits per heavy atom. The topological polar surface area (TPSA) is 87.2 Å². The molecule has 2 rings (SSSR count). The van der Waals surface area contributed by atoms with Gasteiger partial charge >= 0.3 is 5.97 Å². The van der Waals surface area contributed by atoms with Crippen molar-refractivity contribution in [1.82, 2.24) is 9.78 Å². The number of hydrogen-bond donors (Lipinski definition) is 1. The van der Waals surface area contributed by atoms with Crippen LogP contribution in [-0.2, 0) is 17.8 Å². The van der Waals surface area contributed by atoms with Crippen LogP contribution in [0.3, 0.4) is 0 Å². The Bertz CT molecular complexity index is 815. The number of carbonyl (C=O) groups is 1. The van der Waals surface area contributed by atoms with Gasteiger partial charge in [-0.1, -0.05) is 26.0 Å². The van der Waals surface area contributed by atoms with Gasteiger partial charge in [-0.15, -0.1) is 0 Å². The molecule has 0 fully saturated rings. The number of nitrogens with zero attached hydrogens (tertiary/aromatic N) is 2. The minimum atomic E-state index is -0.750. The molecule has 24 heavy (non-hydrogen) atoms. The summed E-state index contributed by atoms with van der Waals surface area (Å²) < 4.78 is 19.9. The molecule has 0 bridgehead atoms. The Hall–Kier alpha value is -2.54. The summed E-state index contributed by atoms with van der Waals surface area (Å²) in [5, 5.41) is 4.26. The van der Waals surface area contributed by atoms with E-state index in [9.17, 15) is 14.0 Å². The number of benzene rings is 1. The standard InChI is InChI=1S/C17H20FN3O3/c1-10(2)9-21-16(22)13(17(23)24-3)7-15(20-21)11-4-5-12(8-19)14(18)6-11/h4-7,10H,8-9,19H2,1-3H3. The summed E-state index contributed by atoms with van der Waals surface area (Å²) in [4.78, 5) is 24.2. The van der Waals surface area contributed by atoms with Gasteiger partial charge in [0.25, 0.3) is 5.56 Å². The van der Waals surface area contributed by atoms with Crippen molar-refractivity contribution in [2.24, 2.45) is 11.7 Å². The van der Waals surface area contributed by atoms with Crippen LogP contribution in [0.2, 0.25) is 0 Å². The molecule has 0 aliphatic rings. The molecule has 2 aromatic rings. The zero-order valence-corrected chi connectivity index (χ0v) is 13.9. The predicted octanol–water partition coefficient (Wildman–Crippen LogP) is 1.95. The first-order chi connectivity index (χ1) is 11.4. The Kier molecular flexibility index (Phi) is 5.46. The average molecular weight is 333 g/mol. The second-order valence-corrected chi connectivity index (χ2v) is 5.83. The van der Waals surface area contributed by atoms with Crippen molar-refractivity contribution in [1.29, 1.82) is 0 Å². The van der Waals surface area contributed by atoms with Crippen LogP contribution < -0.4 is 11.3 Å². The summed E-state index contributed by atoms with van der Waals surface area (Å²) in [5.41, 5.74) is 5.94. The number of hydrogen-bond acceptors (Lipinski definition) is 5. The van der Waals surface area contributed by atoms with Gasteiger partial charge in [-0.2, -0.15) is 5.10 Å². The van der Waals surface area contributed by atoms with Crippen molar-refractivity contribution in [3.05, 3.63) is 51.6 Å². The van der Waals surface area contributed by atoms with Gasteiger partial charge in [-0.05, 0) is 18.1 Å². The van der Waals surface area contributed by atoms with E-state index in [0.717, 1.165) is 0 Å². The maximum atomic E-state index is 14.0. The van der Waals surface area contributed by atoms with Crippen LogP contribution in [0.25, 0.3) is 11.3 Å². The van der Waals surface area contributed by atoms with Crippen LogP contribution in [0.1, 0.15) is 29.8 Å². The molecular weight excluding hydrogens is 313 g/mol. The highest BCUT2D eigenvalue weighted by atomic mass is 19.1. The number of aromatic nitrogens is 2. The number of methoxy groups -OCH3 is 1. The van der Waals surface area contributed by atoms with E-state index in [1.807, 2.05) is 13.8 Å². The van der Waals surface area contributed by atoms with Gasteiger partial charge in [0.05, 0.1) is 12.8 Å². The third-order valence-corrected chi connectivity index (χ3v) is 3.49. The lowest BCUT2D eigenvalue weighted by Crippen LogP contribution is -2.31.